The van der Waals surface area contributed by atoms with Gasteiger partial charge in [-0.2, -0.15) is 0 Å². The van der Waals surface area contributed by atoms with E-state index in [0.717, 1.165) is 16.5 Å². The van der Waals surface area contributed by atoms with Crippen molar-refractivity contribution in [1.82, 2.24) is 9.88 Å². The lowest BCUT2D eigenvalue weighted by Crippen LogP contribution is -2.26. The number of aliphatic hydroxyl groups is 1. The molecule has 0 radical (unpaired) electrons. The van der Waals surface area contributed by atoms with Crippen molar-refractivity contribution >= 4 is 22.5 Å². The Morgan fingerprint density at radius 1 is 1.37 bits per heavy atom. The molecule has 0 unspecified atom stereocenters. The van der Waals surface area contributed by atoms with Crippen molar-refractivity contribution < 1.29 is 5.11 Å². The van der Waals surface area contributed by atoms with Crippen LogP contribution in [-0.2, 0) is 6.54 Å². The molecule has 0 saturated carbocycles. The minimum Gasteiger partial charge on any atom is -0.395 e. The molecular formula is C15H17ClN2O. The molecule has 2 aromatic rings. The fraction of sp³-hybridized carbons (Fsp3) is 0.267. The monoisotopic (exact) mass is 276 g/mol. The van der Waals surface area contributed by atoms with E-state index in [0.29, 0.717) is 24.7 Å². The summed E-state index contributed by atoms with van der Waals surface area (Å²) in [6.07, 6.45) is 3.59. The molecule has 1 heterocycles. The van der Waals surface area contributed by atoms with Crippen LogP contribution in [0, 0.1) is 0 Å². The fourth-order valence-corrected chi connectivity index (χ4v) is 2.33. The number of nitrogens with zero attached hydrogens (tertiary/aromatic N) is 2. The molecule has 1 aromatic heterocycles. The molecule has 0 spiro atoms. The number of benzene rings is 1. The molecule has 0 bridgehead atoms. The predicted molar refractivity (Wildman–Crippen MR) is 79.3 cm³/mol. The van der Waals surface area contributed by atoms with Crippen LogP contribution in [0.25, 0.3) is 10.9 Å². The quantitative estimate of drug-likeness (QED) is 0.824. The minimum absolute atomic E-state index is 0.115. The molecule has 3 nitrogen and oxygen atoms in total. The van der Waals surface area contributed by atoms with Crippen LogP contribution in [0.3, 0.4) is 0 Å². The number of hydrogen-bond acceptors (Lipinski definition) is 3. The highest BCUT2D eigenvalue weighted by Crippen LogP contribution is 2.25. The van der Waals surface area contributed by atoms with E-state index in [2.05, 4.69) is 16.5 Å². The summed E-state index contributed by atoms with van der Waals surface area (Å²) in [5.74, 6) is 0. The smallest absolute Gasteiger partial charge is 0.0761 e. The van der Waals surface area contributed by atoms with Crippen LogP contribution in [0.4, 0.5) is 0 Å². The average Bonchev–Trinajstić information content (AvgIpc) is 2.42. The van der Waals surface area contributed by atoms with Crippen molar-refractivity contribution in [2.24, 2.45) is 0 Å². The lowest BCUT2D eigenvalue weighted by Gasteiger charge is -2.20. The second-order valence-electron chi connectivity index (χ2n) is 4.35. The standard InChI is InChI=1S/C15H17ClN2O/c1-2-8-18(9-10-19)11-13-14(16)6-5-12-4-3-7-17-15(12)13/h2-7,19H,1,8-11H2. The van der Waals surface area contributed by atoms with E-state index in [1.54, 1.807) is 6.20 Å². The van der Waals surface area contributed by atoms with Crippen molar-refractivity contribution in [2.45, 2.75) is 6.54 Å². The molecule has 0 fully saturated rings. The zero-order chi connectivity index (χ0) is 13.7. The van der Waals surface area contributed by atoms with Gasteiger partial charge >= 0.3 is 0 Å². The zero-order valence-electron chi connectivity index (χ0n) is 10.7. The Balaban J connectivity index is 2.37. The maximum absolute atomic E-state index is 9.10. The van der Waals surface area contributed by atoms with Crippen molar-refractivity contribution in [3.8, 4) is 0 Å². The Hall–Kier alpha value is -1.42. The summed E-state index contributed by atoms with van der Waals surface area (Å²) in [4.78, 5) is 6.50. The van der Waals surface area contributed by atoms with E-state index in [1.165, 1.54) is 0 Å². The maximum Gasteiger partial charge on any atom is 0.0761 e. The third kappa shape index (κ3) is 3.32. The number of pyridine rings is 1. The van der Waals surface area contributed by atoms with Crippen LogP contribution in [-0.4, -0.2) is 34.7 Å². The third-order valence-electron chi connectivity index (χ3n) is 3.01. The second kappa shape index (κ2) is 6.66. The van der Waals surface area contributed by atoms with Gasteiger partial charge in [0, 0.05) is 41.8 Å². The molecule has 19 heavy (non-hydrogen) atoms. The summed E-state index contributed by atoms with van der Waals surface area (Å²) >= 11 is 6.29. The first-order chi connectivity index (χ1) is 9.26. The number of fused-ring (bicyclic) bond motifs is 1. The van der Waals surface area contributed by atoms with E-state index in [4.69, 9.17) is 16.7 Å². The summed E-state index contributed by atoms with van der Waals surface area (Å²) in [6, 6.07) is 7.80. The molecule has 0 aliphatic rings. The van der Waals surface area contributed by atoms with E-state index >= 15 is 0 Å². The van der Waals surface area contributed by atoms with Gasteiger partial charge in [-0.05, 0) is 12.1 Å². The second-order valence-corrected chi connectivity index (χ2v) is 4.76. The van der Waals surface area contributed by atoms with Gasteiger partial charge in [0.05, 0.1) is 12.1 Å². The van der Waals surface area contributed by atoms with E-state index in [9.17, 15) is 0 Å². The molecule has 0 aliphatic carbocycles. The van der Waals surface area contributed by atoms with Gasteiger partial charge in [0.25, 0.3) is 0 Å². The summed E-state index contributed by atoms with van der Waals surface area (Å²) in [5.41, 5.74) is 1.91. The van der Waals surface area contributed by atoms with Crippen LogP contribution < -0.4 is 0 Å². The highest BCUT2D eigenvalue weighted by atomic mass is 35.5. The molecule has 0 atom stereocenters. The summed E-state index contributed by atoms with van der Waals surface area (Å²) in [7, 11) is 0. The summed E-state index contributed by atoms with van der Waals surface area (Å²) < 4.78 is 0. The lowest BCUT2D eigenvalue weighted by atomic mass is 10.1. The molecule has 4 heteroatoms. The Labute approximate surface area is 118 Å². The molecule has 100 valence electrons. The molecule has 1 aromatic carbocycles. The average molecular weight is 277 g/mol. The van der Waals surface area contributed by atoms with Crippen LogP contribution in [0.5, 0.6) is 0 Å². The van der Waals surface area contributed by atoms with Crippen LogP contribution >= 0.6 is 11.6 Å². The Kier molecular flexibility index (Phi) is 4.91. The van der Waals surface area contributed by atoms with E-state index in [1.807, 2.05) is 30.3 Å². The van der Waals surface area contributed by atoms with Crippen LogP contribution in [0.1, 0.15) is 5.56 Å². The number of rotatable bonds is 6. The number of halogens is 1. The zero-order valence-corrected chi connectivity index (χ0v) is 11.5. The lowest BCUT2D eigenvalue weighted by molar-refractivity contribution is 0.204. The topological polar surface area (TPSA) is 36.4 Å². The van der Waals surface area contributed by atoms with Crippen molar-refractivity contribution in [2.75, 3.05) is 19.7 Å². The van der Waals surface area contributed by atoms with Gasteiger partial charge in [-0.15, -0.1) is 6.58 Å². The van der Waals surface area contributed by atoms with Gasteiger partial charge in [0.1, 0.15) is 0 Å². The molecule has 1 N–H and O–H groups in total. The number of aromatic nitrogens is 1. The predicted octanol–water partition coefficient (Wildman–Crippen LogP) is 2.87. The Morgan fingerprint density at radius 3 is 2.95 bits per heavy atom. The van der Waals surface area contributed by atoms with Crippen LogP contribution in [0.2, 0.25) is 5.02 Å². The first-order valence-electron chi connectivity index (χ1n) is 6.22. The first kappa shape index (κ1) is 14.0. The highest BCUT2D eigenvalue weighted by Gasteiger charge is 2.11. The van der Waals surface area contributed by atoms with E-state index in [-0.39, 0.29) is 6.61 Å². The largest absolute Gasteiger partial charge is 0.395 e. The molecule has 2 rings (SSSR count). The Morgan fingerprint density at radius 2 is 2.21 bits per heavy atom. The minimum atomic E-state index is 0.115. The van der Waals surface area contributed by atoms with Crippen LogP contribution in [0.15, 0.2) is 43.1 Å². The van der Waals surface area contributed by atoms with Crippen molar-refractivity contribution in [3.05, 3.63) is 53.7 Å². The fourth-order valence-electron chi connectivity index (χ4n) is 2.11. The molecular weight excluding hydrogens is 260 g/mol. The maximum atomic E-state index is 9.10. The van der Waals surface area contributed by atoms with E-state index < -0.39 is 0 Å². The number of aliphatic hydroxyl groups excluding tert-OH is 1. The van der Waals surface area contributed by atoms with Gasteiger partial charge in [0.2, 0.25) is 0 Å². The molecule has 0 aliphatic heterocycles. The highest BCUT2D eigenvalue weighted by molar-refractivity contribution is 6.32. The first-order valence-corrected chi connectivity index (χ1v) is 6.60. The van der Waals surface area contributed by atoms with Crippen molar-refractivity contribution in [3.63, 3.8) is 0 Å². The van der Waals surface area contributed by atoms with Gasteiger partial charge in [-0.25, -0.2) is 0 Å². The normalized spacial score (nSPS) is 11.1. The van der Waals surface area contributed by atoms with Gasteiger partial charge in [0.15, 0.2) is 0 Å². The van der Waals surface area contributed by atoms with Crippen molar-refractivity contribution in [1.29, 1.82) is 0 Å². The SMILES string of the molecule is C=CCN(CCO)Cc1c(Cl)ccc2cccnc12. The molecule has 0 saturated heterocycles. The summed E-state index contributed by atoms with van der Waals surface area (Å²) in [5, 5.41) is 10.9. The summed E-state index contributed by atoms with van der Waals surface area (Å²) in [6.45, 7) is 5.80. The third-order valence-corrected chi connectivity index (χ3v) is 3.36. The van der Waals surface area contributed by atoms with Gasteiger partial charge in [-0.3, -0.25) is 9.88 Å². The van der Waals surface area contributed by atoms with Gasteiger partial charge < -0.3 is 5.11 Å². The molecule has 0 amide bonds. The number of hydrogen-bond donors (Lipinski definition) is 1. The Bertz CT molecular complexity index is 571. The van der Waals surface area contributed by atoms with Gasteiger partial charge in [-0.1, -0.05) is 29.8 Å².